The predicted octanol–water partition coefficient (Wildman–Crippen LogP) is 4.19. The Kier molecular flexibility index (Phi) is 2.59. The maximum Gasteiger partial charge on any atom is 0.0735 e. The second-order valence-corrected chi connectivity index (χ2v) is 5.30. The molecule has 0 N–H and O–H groups in total. The van der Waals surface area contributed by atoms with Crippen molar-refractivity contribution in [3.05, 3.63) is 30.3 Å². The molecule has 0 unspecified atom stereocenters. The van der Waals surface area contributed by atoms with E-state index in [4.69, 9.17) is 11.6 Å². The molecule has 0 bridgehead atoms. The minimum atomic E-state index is 0.632. The Morgan fingerprint density at radius 3 is 2.92 bits per heavy atom. The lowest BCUT2D eigenvalue weighted by Crippen LogP contribution is -1.58. The summed E-state index contributed by atoms with van der Waals surface area (Å²) in [6.45, 7) is 0. The van der Waals surface area contributed by atoms with Crippen LogP contribution in [0.4, 0.5) is 0 Å². The molecule has 1 aromatic heterocycles. The van der Waals surface area contributed by atoms with Crippen LogP contribution in [0.1, 0.15) is 0 Å². The zero-order chi connectivity index (χ0) is 8.39. The van der Waals surface area contributed by atoms with Crippen molar-refractivity contribution in [1.29, 1.82) is 0 Å². The van der Waals surface area contributed by atoms with E-state index in [1.54, 1.807) is 23.1 Å². The molecule has 0 radical (unpaired) electrons. The number of benzene rings is 1. The molecule has 0 spiro atoms. The molecule has 0 aliphatic carbocycles. The van der Waals surface area contributed by atoms with E-state index in [0.717, 1.165) is 0 Å². The maximum absolute atomic E-state index is 5.63. The summed E-state index contributed by atoms with van der Waals surface area (Å²) in [5, 5.41) is 1.95. The third-order valence-electron chi connectivity index (χ3n) is 1.60. The van der Waals surface area contributed by atoms with Gasteiger partial charge in [0, 0.05) is 4.70 Å². The summed E-state index contributed by atoms with van der Waals surface area (Å²) >= 11 is 9.12. The Balaban J connectivity index is 2.47. The molecule has 0 fully saturated rings. The van der Waals surface area contributed by atoms with Gasteiger partial charge in [0.15, 0.2) is 0 Å². The van der Waals surface area contributed by atoms with Crippen molar-refractivity contribution in [2.45, 2.75) is 4.21 Å². The number of alkyl halides is 1. The summed E-state index contributed by atoms with van der Waals surface area (Å²) < 4.78 is 2.64. The van der Waals surface area contributed by atoms with Crippen molar-refractivity contribution >= 4 is 44.8 Å². The van der Waals surface area contributed by atoms with Gasteiger partial charge in [-0.15, -0.1) is 22.9 Å². The average Bonchev–Trinajstić information content (AvgIpc) is 2.47. The summed E-state index contributed by atoms with van der Waals surface area (Å²) in [6.07, 6.45) is 0. The van der Waals surface area contributed by atoms with E-state index in [9.17, 15) is 0 Å². The fourth-order valence-corrected chi connectivity index (χ4v) is 3.42. The van der Waals surface area contributed by atoms with E-state index in [-0.39, 0.29) is 0 Å². The number of thiophene rings is 1. The van der Waals surface area contributed by atoms with Gasteiger partial charge in [0.1, 0.15) is 0 Å². The van der Waals surface area contributed by atoms with Crippen LogP contribution >= 0.6 is 34.7 Å². The van der Waals surface area contributed by atoms with E-state index in [1.807, 2.05) is 0 Å². The van der Waals surface area contributed by atoms with Crippen LogP contribution in [0.2, 0.25) is 0 Å². The quantitative estimate of drug-likeness (QED) is 0.534. The normalized spacial score (nSPS) is 10.8. The summed E-state index contributed by atoms with van der Waals surface area (Å²) in [5.74, 6) is 0. The average molecular weight is 215 g/mol. The van der Waals surface area contributed by atoms with Crippen LogP contribution < -0.4 is 0 Å². The van der Waals surface area contributed by atoms with Crippen LogP contribution in [-0.4, -0.2) is 5.21 Å². The number of rotatable bonds is 2. The van der Waals surface area contributed by atoms with Crippen LogP contribution in [-0.2, 0) is 0 Å². The Labute approximate surface area is 84.5 Å². The molecule has 1 heterocycles. The van der Waals surface area contributed by atoms with Gasteiger partial charge in [0.2, 0.25) is 0 Å². The van der Waals surface area contributed by atoms with Crippen molar-refractivity contribution < 1.29 is 0 Å². The molecular formula is C9H7ClS2. The largest absolute Gasteiger partial charge is 0.129 e. The summed E-state index contributed by atoms with van der Waals surface area (Å²) in [7, 11) is 0. The van der Waals surface area contributed by atoms with E-state index in [1.165, 1.54) is 14.3 Å². The van der Waals surface area contributed by atoms with Crippen LogP contribution in [0.15, 0.2) is 34.5 Å². The van der Waals surface area contributed by atoms with E-state index in [0.29, 0.717) is 5.21 Å². The standard InChI is InChI=1S/C9H7ClS2/c10-6-11-9-5-7-3-1-2-4-8(7)12-9/h1-5H,6H2. The molecule has 3 heteroatoms. The first-order valence-corrected chi connectivity index (χ1v) is 5.91. The Hall–Kier alpha value is -0.180. The van der Waals surface area contributed by atoms with E-state index in [2.05, 4.69) is 30.3 Å². The van der Waals surface area contributed by atoms with Gasteiger partial charge >= 0.3 is 0 Å². The first-order valence-electron chi connectivity index (χ1n) is 3.57. The third-order valence-corrected chi connectivity index (χ3v) is 3.95. The first kappa shape index (κ1) is 8.42. The van der Waals surface area contributed by atoms with Crippen molar-refractivity contribution in [2.24, 2.45) is 0 Å². The Morgan fingerprint density at radius 1 is 1.33 bits per heavy atom. The lowest BCUT2D eigenvalue weighted by atomic mass is 10.3. The van der Waals surface area contributed by atoms with Crippen molar-refractivity contribution in [3.63, 3.8) is 0 Å². The lowest BCUT2D eigenvalue weighted by molar-refractivity contribution is 1.76. The molecule has 0 aliphatic heterocycles. The molecule has 2 rings (SSSR count). The first-order chi connectivity index (χ1) is 5.90. The van der Waals surface area contributed by atoms with Gasteiger partial charge in [-0.25, -0.2) is 0 Å². The van der Waals surface area contributed by atoms with Gasteiger partial charge in [0.05, 0.1) is 9.42 Å². The van der Waals surface area contributed by atoms with Gasteiger partial charge in [-0.05, 0) is 17.5 Å². The number of fused-ring (bicyclic) bond motifs is 1. The van der Waals surface area contributed by atoms with Crippen molar-refractivity contribution in [1.82, 2.24) is 0 Å². The zero-order valence-electron chi connectivity index (χ0n) is 6.29. The molecule has 62 valence electrons. The fraction of sp³-hybridized carbons (Fsp3) is 0.111. The van der Waals surface area contributed by atoms with Crippen molar-refractivity contribution in [3.8, 4) is 0 Å². The molecule has 0 nitrogen and oxygen atoms in total. The van der Waals surface area contributed by atoms with Crippen LogP contribution in [0.5, 0.6) is 0 Å². The summed E-state index contributed by atoms with van der Waals surface area (Å²) in [6, 6.07) is 10.6. The highest BCUT2D eigenvalue weighted by Crippen LogP contribution is 2.32. The van der Waals surface area contributed by atoms with Crippen LogP contribution in [0.3, 0.4) is 0 Å². The molecule has 0 saturated carbocycles. The van der Waals surface area contributed by atoms with Gasteiger partial charge in [-0.2, -0.15) is 0 Å². The van der Waals surface area contributed by atoms with Crippen LogP contribution in [0, 0.1) is 0 Å². The SMILES string of the molecule is ClCSc1cc2ccccc2s1. The Bertz CT molecular complexity index is 348. The topological polar surface area (TPSA) is 0 Å². The molecule has 0 amide bonds. The minimum Gasteiger partial charge on any atom is -0.129 e. The summed E-state index contributed by atoms with van der Waals surface area (Å²) in [4.78, 5) is 0. The van der Waals surface area contributed by atoms with Gasteiger partial charge in [-0.1, -0.05) is 30.0 Å². The zero-order valence-corrected chi connectivity index (χ0v) is 8.68. The third kappa shape index (κ3) is 1.60. The molecule has 0 saturated heterocycles. The minimum absolute atomic E-state index is 0.632. The van der Waals surface area contributed by atoms with Crippen molar-refractivity contribution in [2.75, 3.05) is 5.21 Å². The monoisotopic (exact) mass is 214 g/mol. The van der Waals surface area contributed by atoms with Gasteiger partial charge in [0.25, 0.3) is 0 Å². The van der Waals surface area contributed by atoms with Gasteiger partial charge in [-0.3, -0.25) is 0 Å². The number of thioether (sulfide) groups is 1. The molecular weight excluding hydrogens is 208 g/mol. The predicted molar refractivity (Wildman–Crippen MR) is 58.4 cm³/mol. The highest BCUT2D eigenvalue weighted by molar-refractivity contribution is 8.02. The van der Waals surface area contributed by atoms with Crippen LogP contribution in [0.25, 0.3) is 10.1 Å². The molecule has 2 aromatic rings. The summed E-state index contributed by atoms with van der Waals surface area (Å²) in [5.41, 5.74) is 0. The Morgan fingerprint density at radius 2 is 2.17 bits per heavy atom. The van der Waals surface area contributed by atoms with Gasteiger partial charge < -0.3 is 0 Å². The van der Waals surface area contributed by atoms with E-state index >= 15 is 0 Å². The molecule has 12 heavy (non-hydrogen) atoms. The fourth-order valence-electron chi connectivity index (χ4n) is 1.08. The molecule has 0 atom stereocenters. The van der Waals surface area contributed by atoms with E-state index < -0.39 is 0 Å². The highest BCUT2D eigenvalue weighted by Gasteiger charge is 1.99. The lowest BCUT2D eigenvalue weighted by Gasteiger charge is -1.84. The highest BCUT2D eigenvalue weighted by atomic mass is 35.5. The molecule has 0 aliphatic rings. The second-order valence-electron chi connectivity index (χ2n) is 2.36. The second kappa shape index (κ2) is 3.69. The number of halogens is 1. The molecule has 1 aromatic carbocycles. The maximum atomic E-state index is 5.63. The number of hydrogen-bond donors (Lipinski definition) is 0. The smallest absolute Gasteiger partial charge is 0.0735 e. The number of hydrogen-bond acceptors (Lipinski definition) is 2.